The number of aliphatic hydroxyl groups excluding tert-OH is 1. The largest absolute Gasteiger partial charge is 0.481 e. The Morgan fingerprint density at radius 2 is 2.07 bits per heavy atom. The molecule has 80 valence electrons. The lowest BCUT2D eigenvalue weighted by Crippen LogP contribution is -2.47. The van der Waals surface area contributed by atoms with Gasteiger partial charge in [0.2, 0.25) is 0 Å². The molecule has 0 unspecified atom stereocenters. The third-order valence-corrected chi connectivity index (χ3v) is 1.53. The number of aliphatic carboxylic acids is 1. The highest BCUT2D eigenvalue weighted by molar-refractivity contribution is 5.74. The second kappa shape index (κ2) is 4.80. The molecular weight excluding hydrogens is 188 g/mol. The number of azide groups is 1. The van der Waals surface area contributed by atoms with Gasteiger partial charge in [0.25, 0.3) is 0 Å². The fourth-order valence-corrected chi connectivity index (χ4v) is 1.01. The molecule has 0 aliphatic carbocycles. The van der Waals surface area contributed by atoms with E-state index in [-0.39, 0.29) is 6.54 Å². The third kappa shape index (κ3) is 4.66. The highest BCUT2D eigenvalue weighted by Gasteiger charge is 2.29. The molecule has 0 bridgehead atoms. The summed E-state index contributed by atoms with van der Waals surface area (Å²) in [6.45, 7) is 0.204. The van der Waals surface area contributed by atoms with E-state index >= 15 is 0 Å². The maximum Gasteiger partial charge on any atom is 0.315 e. The molecule has 0 aromatic heterocycles. The molecule has 0 spiro atoms. The number of carbonyl (C=O) groups is 1. The predicted octanol–water partition coefficient (Wildman–Crippen LogP) is -0.183. The van der Waals surface area contributed by atoms with Crippen molar-refractivity contribution in [3.63, 3.8) is 0 Å². The smallest absolute Gasteiger partial charge is 0.315 e. The van der Waals surface area contributed by atoms with Gasteiger partial charge in [-0.25, -0.2) is 0 Å². The summed E-state index contributed by atoms with van der Waals surface area (Å²) in [6, 6.07) is -1.42. The van der Waals surface area contributed by atoms with Gasteiger partial charge < -0.3 is 14.7 Å². The van der Waals surface area contributed by atoms with Gasteiger partial charge in [0.05, 0.1) is 21.1 Å². The van der Waals surface area contributed by atoms with Crippen LogP contribution in [0.15, 0.2) is 5.11 Å². The van der Waals surface area contributed by atoms with Crippen LogP contribution in [0.4, 0.5) is 0 Å². The van der Waals surface area contributed by atoms with Crippen molar-refractivity contribution < 1.29 is 19.5 Å². The summed E-state index contributed by atoms with van der Waals surface area (Å²) in [5.74, 6) is -1.32. The first-order valence-electron chi connectivity index (χ1n) is 4.03. The van der Waals surface area contributed by atoms with E-state index in [0.29, 0.717) is 4.48 Å². The lowest BCUT2D eigenvalue weighted by Gasteiger charge is -2.27. The second-order valence-corrected chi connectivity index (χ2v) is 4.03. The standard InChI is InChI=1S/C7H14N4O3/c1-11(2,3)4-5(12)6(7(13)14)9-10-8/h5-6,12H,4H2,1-3H3/p+1/t5-,6-/m1/s1. The molecule has 7 nitrogen and oxygen atoms in total. The minimum Gasteiger partial charge on any atom is -0.481 e. The van der Waals surface area contributed by atoms with Crippen molar-refractivity contribution in [3.05, 3.63) is 10.4 Å². The van der Waals surface area contributed by atoms with Gasteiger partial charge in [0.1, 0.15) is 12.6 Å². The first kappa shape index (κ1) is 12.7. The Morgan fingerprint density at radius 3 is 2.36 bits per heavy atom. The van der Waals surface area contributed by atoms with Crippen molar-refractivity contribution in [1.29, 1.82) is 0 Å². The van der Waals surface area contributed by atoms with Gasteiger partial charge in [-0.2, -0.15) is 0 Å². The van der Waals surface area contributed by atoms with E-state index in [2.05, 4.69) is 10.0 Å². The number of carboxylic acid groups (broad SMARTS) is 1. The minimum atomic E-state index is -1.42. The molecule has 0 saturated heterocycles. The summed E-state index contributed by atoms with van der Waals surface area (Å²) < 4.78 is 0.395. The Labute approximate surface area is 81.8 Å². The minimum absolute atomic E-state index is 0.204. The van der Waals surface area contributed by atoms with Crippen LogP contribution >= 0.6 is 0 Å². The average molecular weight is 203 g/mol. The van der Waals surface area contributed by atoms with Gasteiger partial charge in [0.15, 0.2) is 6.04 Å². The van der Waals surface area contributed by atoms with Crippen molar-refractivity contribution in [2.45, 2.75) is 12.1 Å². The fraction of sp³-hybridized carbons (Fsp3) is 0.857. The summed E-state index contributed by atoms with van der Waals surface area (Å²) in [6.07, 6.45) is -1.18. The maximum atomic E-state index is 10.6. The Hall–Kier alpha value is -1.30. The van der Waals surface area contributed by atoms with Crippen LogP contribution in [0.1, 0.15) is 0 Å². The van der Waals surface area contributed by atoms with E-state index in [1.54, 1.807) is 21.1 Å². The van der Waals surface area contributed by atoms with Crippen LogP contribution in [0.25, 0.3) is 10.4 Å². The van der Waals surface area contributed by atoms with Crippen LogP contribution in [0.3, 0.4) is 0 Å². The third-order valence-electron chi connectivity index (χ3n) is 1.53. The number of rotatable bonds is 5. The normalized spacial score (nSPS) is 15.4. The molecule has 0 aromatic rings. The molecule has 0 aliphatic rings. The van der Waals surface area contributed by atoms with Crippen LogP contribution in [-0.2, 0) is 4.79 Å². The lowest BCUT2D eigenvalue weighted by molar-refractivity contribution is -0.873. The number of likely N-dealkylation sites (N-methyl/N-ethyl adjacent to an activating group) is 1. The van der Waals surface area contributed by atoms with Crippen molar-refractivity contribution in [3.8, 4) is 0 Å². The zero-order valence-electron chi connectivity index (χ0n) is 8.45. The SMILES string of the molecule is C[N+](C)(C)C[C@@H](O)[C@@H](N=[N+]=[N-])C(=O)O. The molecule has 14 heavy (non-hydrogen) atoms. The number of quaternary nitrogens is 1. The Balaban J connectivity index is 4.53. The quantitative estimate of drug-likeness (QED) is 0.280. The Morgan fingerprint density at radius 1 is 1.57 bits per heavy atom. The van der Waals surface area contributed by atoms with Crippen molar-refractivity contribution in [2.75, 3.05) is 27.7 Å². The summed E-state index contributed by atoms with van der Waals surface area (Å²) in [5.41, 5.74) is 8.11. The summed E-state index contributed by atoms with van der Waals surface area (Å²) in [4.78, 5) is 13.0. The Kier molecular flexibility index (Phi) is 4.36. The molecule has 0 rings (SSSR count). The number of aliphatic hydroxyl groups is 1. The van der Waals surface area contributed by atoms with Gasteiger partial charge in [-0.1, -0.05) is 5.11 Å². The number of hydrogen-bond donors (Lipinski definition) is 2. The predicted molar refractivity (Wildman–Crippen MR) is 49.5 cm³/mol. The number of carboxylic acids is 1. The van der Waals surface area contributed by atoms with Crippen LogP contribution in [0, 0.1) is 0 Å². The van der Waals surface area contributed by atoms with Crippen molar-refractivity contribution in [2.24, 2.45) is 5.11 Å². The molecule has 0 aromatic carbocycles. The number of nitrogens with zero attached hydrogens (tertiary/aromatic N) is 4. The van der Waals surface area contributed by atoms with E-state index in [1.165, 1.54) is 0 Å². The van der Waals surface area contributed by atoms with Crippen molar-refractivity contribution >= 4 is 5.97 Å². The highest BCUT2D eigenvalue weighted by Crippen LogP contribution is 2.04. The van der Waals surface area contributed by atoms with Crippen LogP contribution < -0.4 is 0 Å². The maximum absolute atomic E-state index is 10.6. The lowest BCUT2D eigenvalue weighted by atomic mass is 10.1. The van der Waals surface area contributed by atoms with Crippen LogP contribution in [0.5, 0.6) is 0 Å². The molecule has 7 heteroatoms. The number of hydrogen-bond acceptors (Lipinski definition) is 3. The molecule has 0 aliphatic heterocycles. The van der Waals surface area contributed by atoms with E-state index in [1.807, 2.05) is 0 Å². The topological polar surface area (TPSA) is 106 Å². The monoisotopic (exact) mass is 203 g/mol. The zero-order valence-corrected chi connectivity index (χ0v) is 8.45. The van der Waals surface area contributed by atoms with Crippen molar-refractivity contribution in [1.82, 2.24) is 0 Å². The van der Waals surface area contributed by atoms with Gasteiger partial charge >= 0.3 is 5.97 Å². The molecule has 0 radical (unpaired) electrons. The summed E-state index contributed by atoms with van der Waals surface area (Å²) in [5, 5.41) is 21.2. The van der Waals surface area contributed by atoms with Gasteiger partial charge in [-0.15, -0.1) is 0 Å². The van der Waals surface area contributed by atoms with Crippen LogP contribution in [0.2, 0.25) is 0 Å². The molecule has 0 fully saturated rings. The van der Waals surface area contributed by atoms with Gasteiger partial charge in [-0.05, 0) is 5.53 Å². The van der Waals surface area contributed by atoms with Crippen LogP contribution in [-0.4, -0.2) is 60.5 Å². The molecule has 0 heterocycles. The fourth-order valence-electron chi connectivity index (χ4n) is 1.01. The van der Waals surface area contributed by atoms with E-state index < -0.39 is 18.1 Å². The molecule has 0 saturated carbocycles. The second-order valence-electron chi connectivity index (χ2n) is 4.03. The molecule has 2 atom stereocenters. The van der Waals surface area contributed by atoms with Gasteiger partial charge in [-0.3, -0.25) is 4.79 Å². The zero-order chi connectivity index (χ0) is 11.4. The summed E-state index contributed by atoms with van der Waals surface area (Å²) in [7, 11) is 5.41. The molecule has 0 amide bonds. The molecular formula is C7H15N4O3+. The van der Waals surface area contributed by atoms with E-state index in [4.69, 9.17) is 10.6 Å². The first-order chi connectivity index (χ1) is 6.28. The van der Waals surface area contributed by atoms with Gasteiger partial charge in [0, 0.05) is 4.91 Å². The molecule has 2 N–H and O–H groups in total. The van der Waals surface area contributed by atoms with E-state index in [0.717, 1.165) is 0 Å². The highest BCUT2D eigenvalue weighted by atomic mass is 16.4. The van der Waals surface area contributed by atoms with E-state index in [9.17, 15) is 9.90 Å². The average Bonchev–Trinajstić information content (AvgIpc) is 1.95. The summed E-state index contributed by atoms with van der Waals surface area (Å²) >= 11 is 0. The Bertz CT molecular complexity index is 252. The first-order valence-corrected chi connectivity index (χ1v) is 4.03.